The van der Waals surface area contributed by atoms with Gasteiger partial charge in [-0.15, -0.1) is 0 Å². The van der Waals surface area contributed by atoms with Crippen LogP contribution in [0.3, 0.4) is 0 Å². The van der Waals surface area contributed by atoms with Gasteiger partial charge < -0.3 is 24.4 Å². The topological polar surface area (TPSA) is 134 Å². The number of nitrogens with one attached hydrogen (secondary N) is 1. The Bertz CT molecular complexity index is 1310. The summed E-state index contributed by atoms with van der Waals surface area (Å²) in [6, 6.07) is 12.9. The van der Waals surface area contributed by atoms with Crippen LogP contribution in [-0.2, 0) is 14.8 Å². The number of aliphatic hydroxyl groups is 1. The van der Waals surface area contributed by atoms with Gasteiger partial charge in [0.15, 0.2) is 17.6 Å². The summed E-state index contributed by atoms with van der Waals surface area (Å²) in [7, 11) is -3.78. The quantitative estimate of drug-likeness (QED) is 0.518. The van der Waals surface area contributed by atoms with Gasteiger partial charge in [-0.25, -0.2) is 18.4 Å². The predicted octanol–water partition coefficient (Wildman–Crippen LogP) is 1.39. The molecule has 1 unspecified atom stereocenters. The predicted molar refractivity (Wildman–Crippen MR) is 126 cm³/mol. The number of carbonyl (C=O) groups excluding carboxylic acids is 1. The van der Waals surface area contributed by atoms with Gasteiger partial charge in [0.1, 0.15) is 12.1 Å². The Kier molecular flexibility index (Phi) is 6.14. The van der Waals surface area contributed by atoms with Gasteiger partial charge >= 0.3 is 0 Å². The number of hydrogen-bond acceptors (Lipinski definition) is 9. The number of aliphatic hydroxyl groups excluding tert-OH is 1. The molecule has 35 heavy (non-hydrogen) atoms. The number of amides is 1. The van der Waals surface area contributed by atoms with Crippen molar-refractivity contribution in [2.24, 2.45) is 0 Å². The van der Waals surface area contributed by atoms with E-state index < -0.39 is 16.1 Å². The zero-order valence-electron chi connectivity index (χ0n) is 18.6. The van der Waals surface area contributed by atoms with Gasteiger partial charge in [0.2, 0.25) is 6.79 Å². The number of hydrogen-bond donors (Lipinski definition) is 2. The molecule has 0 radical (unpaired) electrons. The first-order valence-electron chi connectivity index (χ1n) is 10.9. The fourth-order valence-electron chi connectivity index (χ4n) is 3.97. The van der Waals surface area contributed by atoms with Crippen LogP contribution in [0.5, 0.6) is 11.5 Å². The number of aromatic nitrogens is 2. The van der Waals surface area contributed by atoms with E-state index >= 15 is 0 Å². The van der Waals surface area contributed by atoms with Crippen LogP contribution < -0.4 is 19.1 Å². The minimum atomic E-state index is -3.78. The number of nitrogens with zero attached hydrogens (tertiary/aromatic N) is 4. The monoisotopic (exact) mass is 497 g/mol. The average molecular weight is 498 g/mol. The average Bonchev–Trinajstić information content (AvgIpc) is 3.36. The number of piperazine rings is 1. The Morgan fingerprint density at radius 1 is 1.00 bits per heavy atom. The summed E-state index contributed by atoms with van der Waals surface area (Å²) >= 11 is 0. The van der Waals surface area contributed by atoms with Crippen LogP contribution in [0.2, 0.25) is 0 Å². The van der Waals surface area contributed by atoms with Crippen LogP contribution in [0.15, 0.2) is 66.0 Å². The van der Waals surface area contributed by atoms with E-state index in [1.54, 1.807) is 35.2 Å². The van der Waals surface area contributed by atoms with Crippen molar-refractivity contribution in [2.45, 2.75) is 11.0 Å². The van der Waals surface area contributed by atoms with Crippen LogP contribution in [0.4, 0.5) is 11.5 Å². The first kappa shape index (κ1) is 22.9. The number of sulfonamides is 1. The van der Waals surface area contributed by atoms with Gasteiger partial charge in [0.05, 0.1) is 4.90 Å². The summed E-state index contributed by atoms with van der Waals surface area (Å²) in [5, 5.41) is 10.6. The third-order valence-corrected chi connectivity index (χ3v) is 7.24. The van der Waals surface area contributed by atoms with Crippen molar-refractivity contribution >= 4 is 27.4 Å². The number of fused-ring (bicyclic) bond motifs is 1. The molecule has 5 rings (SSSR count). The highest BCUT2D eigenvalue weighted by atomic mass is 32.2. The molecule has 12 heteroatoms. The lowest BCUT2D eigenvalue weighted by Gasteiger charge is -2.37. The van der Waals surface area contributed by atoms with E-state index in [1.165, 1.54) is 30.7 Å². The minimum absolute atomic E-state index is 0.112. The van der Waals surface area contributed by atoms with E-state index in [1.807, 2.05) is 0 Å². The second-order valence-corrected chi connectivity index (χ2v) is 9.70. The minimum Gasteiger partial charge on any atom is -0.454 e. The van der Waals surface area contributed by atoms with Gasteiger partial charge in [0.25, 0.3) is 15.9 Å². The largest absolute Gasteiger partial charge is 0.454 e. The molecule has 11 nitrogen and oxygen atoms in total. The first-order chi connectivity index (χ1) is 16.9. The van der Waals surface area contributed by atoms with E-state index in [0.29, 0.717) is 43.2 Å². The maximum atomic E-state index is 12.8. The molecule has 3 aromatic rings. The molecule has 1 amide bonds. The zero-order chi connectivity index (χ0) is 24.4. The maximum Gasteiger partial charge on any atom is 0.263 e. The molecule has 1 saturated heterocycles. The van der Waals surface area contributed by atoms with E-state index in [2.05, 4.69) is 19.6 Å². The highest BCUT2D eigenvalue weighted by Gasteiger charge is 2.28. The summed E-state index contributed by atoms with van der Waals surface area (Å²) in [5.74, 6) is 0.913. The second kappa shape index (κ2) is 9.39. The highest BCUT2D eigenvalue weighted by molar-refractivity contribution is 7.92. The van der Waals surface area contributed by atoms with Crippen molar-refractivity contribution in [3.63, 3.8) is 0 Å². The van der Waals surface area contributed by atoms with Crippen LogP contribution in [0.25, 0.3) is 0 Å². The molecular formula is C23H23N5O6S. The molecule has 0 spiro atoms. The van der Waals surface area contributed by atoms with Gasteiger partial charge in [-0.05, 0) is 48.0 Å². The fraction of sp³-hybridized carbons (Fsp3) is 0.261. The molecule has 2 aliphatic heterocycles. The van der Waals surface area contributed by atoms with Gasteiger partial charge in [-0.3, -0.25) is 9.52 Å². The Morgan fingerprint density at radius 3 is 2.46 bits per heavy atom. The van der Waals surface area contributed by atoms with Crippen LogP contribution in [0, 0.1) is 0 Å². The smallest absolute Gasteiger partial charge is 0.263 e. The normalized spacial score (nSPS) is 16.1. The summed E-state index contributed by atoms with van der Waals surface area (Å²) in [4.78, 5) is 24.3. The molecule has 0 bridgehead atoms. The summed E-state index contributed by atoms with van der Waals surface area (Å²) in [6.45, 7) is 2.07. The Labute approximate surface area is 202 Å². The number of rotatable bonds is 6. The van der Waals surface area contributed by atoms with Crippen molar-refractivity contribution in [3.8, 4) is 11.5 Å². The third kappa shape index (κ3) is 4.84. The molecule has 0 saturated carbocycles. The van der Waals surface area contributed by atoms with Crippen molar-refractivity contribution in [1.29, 1.82) is 0 Å². The lowest BCUT2D eigenvalue weighted by atomic mass is 10.1. The Balaban J connectivity index is 1.19. The van der Waals surface area contributed by atoms with Gasteiger partial charge in [-0.2, -0.15) is 0 Å². The molecule has 1 fully saturated rings. The molecule has 182 valence electrons. The standard InChI is InChI=1S/C23H23N5O6S/c29-22(16-1-6-19-20(13-16)34-15-33-19)23(30)28-11-9-27(10-12-28)17-2-4-18(5-3-17)35(31,32)26-21-7-8-24-14-25-21/h1-8,13-14,22,29H,9-12,15H2,(H,24,25,26). The highest BCUT2D eigenvalue weighted by Crippen LogP contribution is 2.34. The molecule has 2 N–H and O–H groups in total. The summed E-state index contributed by atoms with van der Waals surface area (Å²) in [6.07, 6.45) is 1.43. The molecule has 2 aromatic carbocycles. The first-order valence-corrected chi connectivity index (χ1v) is 12.4. The van der Waals surface area contributed by atoms with Crippen molar-refractivity contribution in [2.75, 3.05) is 42.6 Å². The van der Waals surface area contributed by atoms with Crippen molar-refractivity contribution in [1.82, 2.24) is 14.9 Å². The lowest BCUT2D eigenvalue weighted by molar-refractivity contribution is -0.140. The fourth-order valence-corrected chi connectivity index (χ4v) is 4.98. The van der Waals surface area contributed by atoms with E-state index in [0.717, 1.165) is 5.69 Å². The number of benzene rings is 2. The van der Waals surface area contributed by atoms with E-state index in [-0.39, 0.29) is 23.4 Å². The van der Waals surface area contributed by atoms with Crippen LogP contribution in [0.1, 0.15) is 11.7 Å². The SMILES string of the molecule is O=C(C(O)c1ccc2c(c1)OCO2)N1CCN(c2ccc(S(=O)(=O)Nc3ccncn3)cc2)CC1. The molecular weight excluding hydrogens is 474 g/mol. The second-order valence-electron chi connectivity index (χ2n) is 8.02. The van der Waals surface area contributed by atoms with E-state index in [9.17, 15) is 18.3 Å². The lowest BCUT2D eigenvalue weighted by Crippen LogP contribution is -2.50. The summed E-state index contributed by atoms with van der Waals surface area (Å²) < 4.78 is 38.2. The van der Waals surface area contributed by atoms with Crippen LogP contribution in [-0.4, -0.2) is 67.3 Å². The molecule has 2 aliphatic rings. The Morgan fingerprint density at radius 2 is 1.74 bits per heavy atom. The summed E-state index contributed by atoms with van der Waals surface area (Å²) in [5.41, 5.74) is 1.29. The number of anilines is 2. The van der Waals surface area contributed by atoms with E-state index in [4.69, 9.17) is 9.47 Å². The van der Waals surface area contributed by atoms with Crippen LogP contribution >= 0.6 is 0 Å². The zero-order valence-corrected chi connectivity index (χ0v) is 19.4. The van der Waals surface area contributed by atoms with Crippen molar-refractivity contribution in [3.05, 3.63) is 66.6 Å². The van der Waals surface area contributed by atoms with Crippen molar-refractivity contribution < 1.29 is 27.8 Å². The number of ether oxygens (including phenoxy) is 2. The van der Waals surface area contributed by atoms with Gasteiger partial charge in [-0.1, -0.05) is 6.07 Å². The molecule has 0 aliphatic carbocycles. The maximum absolute atomic E-state index is 12.8. The van der Waals surface area contributed by atoms with Gasteiger partial charge in [0, 0.05) is 38.1 Å². The number of carbonyl (C=O) groups is 1. The third-order valence-electron chi connectivity index (χ3n) is 5.87. The molecule has 1 aromatic heterocycles. The molecule has 3 heterocycles. The Hall–Kier alpha value is -3.90. The molecule has 1 atom stereocenters.